The van der Waals surface area contributed by atoms with Crippen LogP contribution in [0.4, 0.5) is 5.69 Å². The van der Waals surface area contributed by atoms with Gasteiger partial charge in [0.25, 0.3) is 0 Å². The van der Waals surface area contributed by atoms with Crippen molar-refractivity contribution >= 4 is 23.2 Å². The summed E-state index contributed by atoms with van der Waals surface area (Å²) >= 11 is 5.65. The summed E-state index contributed by atoms with van der Waals surface area (Å²) in [6.07, 6.45) is 4.61. The highest BCUT2D eigenvalue weighted by atomic mass is 35.5. The number of nitrogens with zero attached hydrogens (tertiary/aromatic N) is 3. The highest BCUT2D eigenvalue weighted by Crippen LogP contribution is 2.15. The Morgan fingerprint density at radius 1 is 1.69 bits per heavy atom. The van der Waals surface area contributed by atoms with Gasteiger partial charge in [-0.05, 0) is 6.07 Å². The predicted octanol–water partition coefficient (Wildman–Crippen LogP) is 0.752. The van der Waals surface area contributed by atoms with Gasteiger partial charge in [-0.25, -0.2) is 4.99 Å². The van der Waals surface area contributed by atoms with Gasteiger partial charge < -0.3 is 5.73 Å². The van der Waals surface area contributed by atoms with Crippen molar-refractivity contribution in [3.63, 3.8) is 0 Å². The van der Waals surface area contributed by atoms with Crippen LogP contribution in [0.2, 0.25) is 5.02 Å². The number of hydrogen-bond donors (Lipinski definition) is 2. The van der Waals surface area contributed by atoms with Gasteiger partial charge in [-0.15, -0.1) is 0 Å². The molecule has 1 rings (SSSR count). The molecule has 1 aromatic rings. The third kappa shape index (κ3) is 2.97. The van der Waals surface area contributed by atoms with E-state index in [-0.39, 0.29) is 5.96 Å². The molecular weight excluding hydrogens is 190 g/mol. The van der Waals surface area contributed by atoms with Gasteiger partial charge in [0, 0.05) is 6.20 Å². The number of guanidine groups is 1. The van der Waals surface area contributed by atoms with Crippen molar-refractivity contribution in [2.24, 2.45) is 10.7 Å². The van der Waals surface area contributed by atoms with Crippen molar-refractivity contribution in [1.82, 2.24) is 10.3 Å². The standard InChI is InChI=1S/C7H6ClN5/c8-5-1-6(3-11-2-5)13-7(10)12-4-9/h1-3H,(H3,10,12,13). The van der Waals surface area contributed by atoms with Crippen LogP contribution in [0.3, 0.4) is 0 Å². The van der Waals surface area contributed by atoms with E-state index in [0.29, 0.717) is 10.7 Å². The maximum absolute atomic E-state index is 8.21. The van der Waals surface area contributed by atoms with Gasteiger partial charge in [0.1, 0.15) is 0 Å². The normalized spacial score (nSPS) is 10.6. The third-order valence-electron chi connectivity index (χ3n) is 1.12. The molecule has 13 heavy (non-hydrogen) atoms. The van der Waals surface area contributed by atoms with Crippen LogP contribution in [0.15, 0.2) is 23.5 Å². The Hall–Kier alpha value is -1.80. The molecule has 1 aromatic heterocycles. The number of aromatic nitrogens is 1. The van der Waals surface area contributed by atoms with Crippen LogP contribution in [0.5, 0.6) is 0 Å². The molecule has 0 saturated heterocycles. The Kier molecular flexibility index (Phi) is 3.06. The smallest absolute Gasteiger partial charge is 0.207 e. The highest BCUT2D eigenvalue weighted by molar-refractivity contribution is 6.30. The first-order valence-electron chi connectivity index (χ1n) is 3.32. The van der Waals surface area contributed by atoms with Crippen molar-refractivity contribution in [3.8, 4) is 6.19 Å². The lowest BCUT2D eigenvalue weighted by atomic mass is 10.4. The van der Waals surface area contributed by atoms with E-state index in [0.717, 1.165) is 0 Å². The zero-order valence-corrected chi connectivity index (χ0v) is 7.28. The topological polar surface area (TPSA) is 87.1 Å². The van der Waals surface area contributed by atoms with E-state index in [2.05, 4.69) is 15.3 Å². The summed E-state index contributed by atoms with van der Waals surface area (Å²) in [4.78, 5) is 7.62. The summed E-state index contributed by atoms with van der Waals surface area (Å²) in [6.45, 7) is 0. The first kappa shape index (κ1) is 9.29. The summed E-state index contributed by atoms with van der Waals surface area (Å²) in [5.74, 6) is 0.00608. The van der Waals surface area contributed by atoms with Crippen LogP contribution in [-0.4, -0.2) is 10.9 Å². The zero-order chi connectivity index (χ0) is 9.68. The van der Waals surface area contributed by atoms with Crippen LogP contribution in [0.25, 0.3) is 0 Å². The van der Waals surface area contributed by atoms with E-state index in [1.807, 2.05) is 0 Å². The van der Waals surface area contributed by atoms with Crippen molar-refractivity contribution in [2.45, 2.75) is 0 Å². The monoisotopic (exact) mass is 195 g/mol. The summed E-state index contributed by atoms with van der Waals surface area (Å²) in [6, 6.07) is 1.58. The molecule has 0 unspecified atom stereocenters. The molecule has 0 spiro atoms. The second-order valence-corrected chi connectivity index (χ2v) is 2.53. The van der Waals surface area contributed by atoms with Gasteiger partial charge in [-0.1, -0.05) is 11.6 Å². The molecule has 0 aromatic carbocycles. The average molecular weight is 196 g/mol. The minimum Gasteiger partial charge on any atom is -0.369 e. The van der Waals surface area contributed by atoms with Crippen LogP contribution in [0.1, 0.15) is 0 Å². The maximum atomic E-state index is 8.21. The van der Waals surface area contributed by atoms with Gasteiger partial charge in [0.2, 0.25) is 5.96 Å². The van der Waals surface area contributed by atoms with Crippen LogP contribution < -0.4 is 11.1 Å². The van der Waals surface area contributed by atoms with Crippen LogP contribution in [0, 0.1) is 11.5 Å². The quantitative estimate of drug-likeness (QED) is 0.300. The van der Waals surface area contributed by atoms with Crippen LogP contribution in [-0.2, 0) is 0 Å². The number of aliphatic imine (C=N–C) groups is 1. The molecule has 5 nitrogen and oxygen atoms in total. The number of halogens is 1. The SMILES string of the molecule is N#CNC(N)=Nc1cncc(Cl)c1. The average Bonchev–Trinajstić information content (AvgIpc) is 2.04. The second kappa shape index (κ2) is 4.28. The molecule has 0 saturated carbocycles. The summed E-state index contributed by atoms with van der Waals surface area (Å²) in [7, 11) is 0. The molecule has 66 valence electrons. The lowest BCUT2D eigenvalue weighted by molar-refractivity contribution is 1.21. The molecule has 6 heteroatoms. The number of hydrogen-bond acceptors (Lipinski definition) is 3. The molecule has 1 heterocycles. The van der Waals surface area contributed by atoms with Crippen molar-refractivity contribution in [3.05, 3.63) is 23.5 Å². The van der Waals surface area contributed by atoms with Crippen molar-refractivity contribution in [1.29, 1.82) is 5.26 Å². The van der Waals surface area contributed by atoms with Gasteiger partial charge in [-0.3, -0.25) is 10.3 Å². The fraction of sp³-hybridized carbons (Fsp3) is 0. The lowest BCUT2D eigenvalue weighted by Gasteiger charge is -1.96. The molecule has 0 amide bonds. The number of rotatable bonds is 1. The van der Waals surface area contributed by atoms with Gasteiger partial charge in [-0.2, -0.15) is 5.26 Å². The molecule has 0 aliphatic carbocycles. The molecule has 0 aliphatic rings. The van der Waals surface area contributed by atoms with Gasteiger partial charge >= 0.3 is 0 Å². The van der Waals surface area contributed by atoms with E-state index in [1.165, 1.54) is 12.4 Å². The molecule has 0 bridgehead atoms. The minimum absolute atomic E-state index is 0.00608. The van der Waals surface area contributed by atoms with Crippen molar-refractivity contribution < 1.29 is 0 Å². The van der Waals surface area contributed by atoms with Crippen LogP contribution >= 0.6 is 11.6 Å². The lowest BCUT2D eigenvalue weighted by Crippen LogP contribution is -2.26. The Labute approximate surface area is 79.9 Å². The Bertz CT molecular complexity index is 367. The number of nitrogens with one attached hydrogen (secondary N) is 1. The third-order valence-corrected chi connectivity index (χ3v) is 1.33. The first-order chi connectivity index (χ1) is 6.22. The van der Waals surface area contributed by atoms with Gasteiger partial charge in [0.15, 0.2) is 6.19 Å². The fourth-order valence-electron chi connectivity index (χ4n) is 0.686. The maximum Gasteiger partial charge on any atom is 0.207 e. The highest BCUT2D eigenvalue weighted by Gasteiger charge is 1.93. The Morgan fingerprint density at radius 3 is 3.08 bits per heavy atom. The van der Waals surface area contributed by atoms with E-state index in [9.17, 15) is 0 Å². The van der Waals surface area contributed by atoms with Gasteiger partial charge in [0.05, 0.1) is 16.9 Å². The summed E-state index contributed by atoms with van der Waals surface area (Å²) < 4.78 is 0. The minimum atomic E-state index is 0.00608. The molecule has 0 atom stereocenters. The molecule has 0 fully saturated rings. The predicted molar refractivity (Wildman–Crippen MR) is 49.3 cm³/mol. The van der Waals surface area contributed by atoms with E-state index in [1.54, 1.807) is 12.3 Å². The molecule has 0 aliphatic heterocycles. The fourth-order valence-corrected chi connectivity index (χ4v) is 0.854. The zero-order valence-electron chi connectivity index (χ0n) is 6.53. The Morgan fingerprint density at radius 2 is 2.46 bits per heavy atom. The summed E-state index contributed by atoms with van der Waals surface area (Å²) in [5.41, 5.74) is 5.81. The first-order valence-corrected chi connectivity index (χ1v) is 3.70. The molecule has 3 N–H and O–H groups in total. The largest absolute Gasteiger partial charge is 0.369 e. The number of nitrogens with two attached hydrogens (primary N) is 1. The molecular formula is C7H6ClN5. The van der Waals surface area contributed by atoms with E-state index < -0.39 is 0 Å². The second-order valence-electron chi connectivity index (χ2n) is 2.10. The van der Waals surface area contributed by atoms with Crippen molar-refractivity contribution in [2.75, 3.05) is 0 Å². The Balaban J connectivity index is 2.86. The molecule has 0 radical (unpaired) electrons. The van der Waals surface area contributed by atoms with E-state index in [4.69, 9.17) is 22.6 Å². The summed E-state index contributed by atoms with van der Waals surface area (Å²) in [5, 5.41) is 10.8. The number of nitriles is 1. The van der Waals surface area contributed by atoms with E-state index >= 15 is 0 Å². The number of pyridine rings is 1.